The second-order valence-electron chi connectivity index (χ2n) is 5.95. The predicted octanol–water partition coefficient (Wildman–Crippen LogP) is 4.69. The molecule has 0 fully saturated rings. The minimum atomic E-state index is -7.19. The normalized spacial score (nSPS) is 15.2. The monoisotopic (exact) mass is 584 g/mol. The maximum Gasteiger partial charge on any atom is 0.393 e. The summed E-state index contributed by atoms with van der Waals surface area (Å²) < 4.78 is 206. The Kier molecular flexibility index (Phi) is 8.69. The maximum absolute atomic E-state index is 13.3. The fourth-order valence-corrected chi connectivity index (χ4v) is 1.85. The van der Waals surface area contributed by atoms with Crippen LogP contribution in [0, 0.1) is 0 Å². The van der Waals surface area contributed by atoms with Crippen molar-refractivity contribution in [1.29, 1.82) is 0 Å². The fraction of sp³-hybridized carbons (Fsp3) is 0.833. The van der Waals surface area contributed by atoms with E-state index >= 15 is 0 Å². The summed E-state index contributed by atoms with van der Waals surface area (Å²) in [4.78, 5) is 22.0. The highest BCUT2D eigenvalue weighted by Gasteiger charge is 2.83. The van der Waals surface area contributed by atoms with Gasteiger partial charge in [0.25, 0.3) is 11.8 Å². The Morgan fingerprint density at radius 3 is 0.853 bits per heavy atom. The molecule has 202 valence electrons. The molecule has 0 aromatic carbocycles. The van der Waals surface area contributed by atoms with Gasteiger partial charge in [0.2, 0.25) is 0 Å². The van der Waals surface area contributed by atoms with E-state index < -0.39 is 71.2 Å². The lowest BCUT2D eigenvalue weighted by Gasteiger charge is -2.34. The number of amides is 2. The van der Waals surface area contributed by atoms with Crippen molar-refractivity contribution in [2.45, 2.75) is 46.3 Å². The first kappa shape index (κ1) is 32.4. The Bertz CT molecular complexity index is 713. The van der Waals surface area contributed by atoms with Crippen LogP contribution in [0.1, 0.15) is 0 Å². The Hall–Kier alpha value is -1.60. The van der Waals surface area contributed by atoms with Gasteiger partial charge in [0, 0.05) is 13.1 Å². The van der Waals surface area contributed by atoms with E-state index in [2.05, 4.69) is 23.2 Å². The predicted molar refractivity (Wildman–Crippen MR) is 77.3 cm³/mol. The van der Waals surface area contributed by atoms with Gasteiger partial charge in [0.05, 0.1) is 0 Å². The zero-order chi connectivity index (χ0) is 28.0. The zero-order valence-corrected chi connectivity index (χ0v) is 16.5. The summed E-state index contributed by atoms with van der Waals surface area (Å²) in [5, 5.41) is -11.6. The third-order valence-corrected chi connectivity index (χ3v) is 4.03. The summed E-state index contributed by atoms with van der Waals surface area (Å²) in [7, 11) is 0. The van der Waals surface area contributed by atoms with Crippen LogP contribution in [0.4, 0.5) is 70.2 Å². The molecule has 0 aromatic rings. The van der Waals surface area contributed by atoms with E-state index in [0.717, 1.165) is 0 Å². The Morgan fingerprint density at radius 2 is 0.676 bits per heavy atom. The molecule has 22 heteroatoms. The van der Waals surface area contributed by atoms with Crippen LogP contribution in [0.25, 0.3) is 0 Å². The van der Waals surface area contributed by atoms with E-state index in [1.54, 1.807) is 0 Å². The second kappa shape index (κ2) is 9.12. The molecule has 0 aliphatic carbocycles. The van der Waals surface area contributed by atoms with Crippen LogP contribution in [0.2, 0.25) is 0 Å². The first-order valence-corrected chi connectivity index (χ1v) is 8.27. The van der Waals surface area contributed by atoms with E-state index in [9.17, 15) is 79.8 Å². The van der Waals surface area contributed by atoms with Gasteiger partial charge in [0.1, 0.15) is 0 Å². The number of carbonyl (C=O) groups is 2. The summed E-state index contributed by atoms with van der Waals surface area (Å²) >= 11 is 7.21. The molecular weight excluding hydrogens is 579 g/mol. The smallest absolute Gasteiger partial charge is 0.349 e. The number of hydrogen-bond acceptors (Lipinski definition) is 2. The van der Waals surface area contributed by atoms with Crippen LogP contribution in [0.3, 0.4) is 0 Å². The van der Waals surface area contributed by atoms with E-state index in [1.807, 2.05) is 0 Å². The lowest BCUT2D eigenvalue weighted by atomic mass is 10.0. The largest absolute Gasteiger partial charge is 0.393 e. The van der Waals surface area contributed by atoms with Gasteiger partial charge in [-0.1, -0.05) is 0 Å². The third kappa shape index (κ3) is 5.15. The lowest BCUT2D eigenvalue weighted by Crippen LogP contribution is -2.66. The molecule has 0 aliphatic rings. The number of alkyl halides is 18. The standard InChI is InChI=1S/C12H6Cl2F16N2O2/c13-11(27,28)9(23,24)7(19,20)5(15,16)3(33)31-1-2-32-4(34)6(17,18)8(21,22)10(25,26)12(14,29)30/h1-2H2,(H,31,33)(H,32,34). The van der Waals surface area contributed by atoms with Crippen LogP contribution >= 0.6 is 23.2 Å². The van der Waals surface area contributed by atoms with Crippen LogP contribution in [0.15, 0.2) is 0 Å². The maximum atomic E-state index is 13.3. The van der Waals surface area contributed by atoms with Gasteiger partial charge < -0.3 is 10.6 Å². The Balaban J connectivity index is 5.35. The summed E-state index contributed by atoms with van der Waals surface area (Å²) in [5.41, 5.74) is 0. The topological polar surface area (TPSA) is 58.2 Å². The molecule has 0 spiro atoms. The average molecular weight is 585 g/mol. The first-order chi connectivity index (χ1) is 14.5. The van der Waals surface area contributed by atoms with E-state index in [0.29, 0.717) is 10.6 Å². The molecule has 0 atom stereocenters. The average Bonchev–Trinajstić information content (AvgIpc) is 2.61. The molecule has 0 rings (SSSR count). The van der Waals surface area contributed by atoms with Gasteiger partial charge in [-0.25, -0.2) is 0 Å². The van der Waals surface area contributed by atoms with Gasteiger partial charge in [-0.15, -0.1) is 0 Å². The van der Waals surface area contributed by atoms with Gasteiger partial charge >= 0.3 is 46.3 Å². The summed E-state index contributed by atoms with van der Waals surface area (Å²) in [6.07, 6.45) is 0. The van der Waals surface area contributed by atoms with E-state index in [4.69, 9.17) is 0 Å². The minimum Gasteiger partial charge on any atom is -0.349 e. The van der Waals surface area contributed by atoms with Gasteiger partial charge in [-0.3, -0.25) is 9.59 Å². The van der Waals surface area contributed by atoms with Crippen molar-refractivity contribution >= 4 is 35.0 Å². The summed E-state index contributed by atoms with van der Waals surface area (Å²) in [6, 6.07) is 0. The molecule has 0 aromatic heterocycles. The molecule has 0 bridgehead atoms. The quantitative estimate of drug-likeness (QED) is 0.210. The summed E-state index contributed by atoms with van der Waals surface area (Å²) in [5.74, 6) is -48.9. The fourth-order valence-electron chi connectivity index (χ4n) is 1.61. The van der Waals surface area contributed by atoms with Crippen molar-refractivity contribution in [1.82, 2.24) is 10.6 Å². The van der Waals surface area contributed by atoms with E-state index in [-0.39, 0.29) is 0 Å². The number of carbonyl (C=O) groups excluding carboxylic acids is 2. The van der Waals surface area contributed by atoms with Crippen molar-refractivity contribution in [3.05, 3.63) is 0 Å². The first-order valence-electron chi connectivity index (χ1n) is 7.52. The molecule has 0 heterocycles. The number of nitrogens with one attached hydrogen (secondary N) is 2. The van der Waals surface area contributed by atoms with Crippen molar-refractivity contribution in [2.75, 3.05) is 13.1 Å². The number of rotatable bonds is 11. The molecule has 0 saturated carbocycles. The molecule has 34 heavy (non-hydrogen) atoms. The summed E-state index contributed by atoms with van der Waals surface area (Å²) in [6.45, 7) is -3.61. The van der Waals surface area contributed by atoms with Crippen LogP contribution in [-0.2, 0) is 9.59 Å². The van der Waals surface area contributed by atoms with Crippen molar-refractivity contribution in [3.8, 4) is 0 Å². The van der Waals surface area contributed by atoms with Gasteiger partial charge in [-0.05, 0) is 23.2 Å². The van der Waals surface area contributed by atoms with Gasteiger partial charge in [0.15, 0.2) is 0 Å². The highest BCUT2D eigenvalue weighted by molar-refractivity contribution is 6.22. The minimum absolute atomic E-state index is 0.526. The molecule has 0 saturated heterocycles. The second-order valence-corrected chi connectivity index (χ2v) is 6.90. The Labute approximate surface area is 185 Å². The Morgan fingerprint density at radius 1 is 0.471 bits per heavy atom. The molecular formula is C12H6Cl2F16N2O2. The van der Waals surface area contributed by atoms with Crippen LogP contribution in [0.5, 0.6) is 0 Å². The highest BCUT2D eigenvalue weighted by atomic mass is 35.5. The number of hydrogen-bond donors (Lipinski definition) is 2. The van der Waals surface area contributed by atoms with Gasteiger partial charge in [-0.2, -0.15) is 70.2 Å². The molecule has 2 amide bonds. The van der Waals surface area contributed by atoms with E-state index in [1.165, 1.54) is 0 Å². The van der Waals surface area contributed by atoms with Crippen molar-refractivity contribution in [2.24, 2.45) is 0 Å². The molecule has 0 unspecified atom stereocenters. The molecule has 0 radical (unpaired) electrons. The zero-order valence-electron chi connectivity index (χ0n) is 15.0. The SMILES string of the molecule is O=C(NCCNC(=O)C(F)(F)C(F)(F)C(F)(F)C(F)(F)Cl)C(F)(F)C(F)(F)C(F)(F)C(F)(F)Cl. The number of halogens is 18. The molecule has 4 nitrogen and oxygen atoms in total. The molecule has 2 N–H and O–H groups in total. The lowest BCUT2D eigenvalue weighted by molar-refractivity contribution is -0.338. The molecule has 0 aliphatic heterocycles. The van der Waals surface area contributed by atoms with Crippen LogP contribution < -0.4 is 10.6 Å². The third-order valence-electron chi connectivity index (χ3n) is 3.56. The van der Waals surface area contributed by atoms with Crippen molar-refractivity contribution in [3.63, 3.8) is 0 Å². The van der Waals surface area contributed by atoms with Crippen molar-refractivity contribution < 1.29 is 79.8 Å². The van der Waals surface area contributed by atoms with Crippen LogP contribution in [-0.4, -0.2) is 71.2 Å². The highest BCUT2D eigenvalue weighted by Crippen LogP contribution is 2.55.